The van der Waals surface area contributed by atoms with E-state index in [2.05, 4.69) is 4.72 Å². The summed E-state index contributed by atoms with van der Waals surface area (Å²) in [5, 5.41) is 0. The van der Waals surface area contributed by atoms with Gasteiger partial charge in [0.1, 0.15) is 11.5 Å². The fourth-order valence-electron chi connectivity index (χ4n) is 2.78. The number of rotatable bonds is 7. The number of hydrogen-bond acceptors (Lipinski definition) is 4. The van der Waals surface area contributed by atoms with Crippen molar-refractivity contribution in [2.75, 3.05) is 14.2 Å². The molecule has 0 aliphatic carbocycles. The van der Waals surface area contributed by atoms with Gasteiger partial charge < -0.3 is 9.47 Å². The Bertz CT molecular complexity index is 846. The number of aryl methyl sites for hydroxylation is 2. The molecule has 0 amide bonds. The topological polar surface area (TPSA) is 64.6 Å². The third-order valence-corrected chi connectivity index (χ3v) is 5.67. The summed E-state index contributed by atoms with van der Waals surface area (Å²) in [4.78, 5) is 0.231. The van der Waals surface area contributed by atoms with Gasteiger partial charge in [0.2, 0.25) is 10.0 Å². The van der Waals surface area contributed by atoms with Crippen molar-refractivity contribution in [3.8, 4) is 11.5 Å². The maximum Gasteiger partial charge on any atom is 0.241 e. The molecular formula is C19H25NO4S. The SMILES string of the molecule is CCC(NS(=O)(=O)c1ccc(OC)c(C)c1)c1ccc(OC)c(C)c1. The summed E-state index contributed by atoms with van der Waals surface area (Å²) in [6.45, 7) is 5.71. The molecule has 0 fully saturated rings. The minimum Gasteiger partial charge on any atom is -0.496 e. The Balaban J connectivity index is 2.31. The first kappa shape index (κ1) is 19.3. The predicted molar refractivity (Wildman–Crippen MR) is 98.8 cm³/mol. The van der Waals surface area contributed by atoms with E-state index in [1.54, 1.807) is 32.4 Å². The molecule has 0 radical (unpaired) electrons. The molecule has 136 valence electrons. The van der Waals surface area contributed by atoms with Gasteiger partial charge >= 0.3 is 0 Å². The monoisotopic (exact) mass is 363 g/mol. The molecule has 25 heavy (non-hydrogen) atoms. The van der Waals surface area contributed by atoms with E-state index in [9.17, 15) is 8.42 Å². The molecule has 1 atom stereocenters. The van der Waals surface area contributed by atoms with Gasteiger partial charge in [0.15, 0.2) is 0 Å². The summed E-state index contributed by atoms with van der Waals surface area (Å²) >= 11 is 0. The highest BCUT2D eigenvalue weighted by molar-refractivity contribution is 7.89. The summed E-state index contributed by atoms with van der Waals surface area (Å²) in [6.07, 6.45) is 0.639. The largest absolute Gasteiger partial charge is 0.496 e. The fourth-order valence-corrected chi connectivity index (χ4v) is 4.17. The normalized spacial score (nSPS) is 12.7. The second-order valence-corrected chi connectivity index (χ2v) is 7.66. The minimum absolute atomic E-state index is 0.231. The Hall–Kier alpha value is -2.05. The molecule has 0 saturated carbocycles. The molecule has 5 nitrogen and oxygen atoms in total. The lowest BCUT2D eigenvalue weighted by Gasteiger charge is -2.19. The van der Waals surface area contributed by atoms with E-state index in [-0.39, 0.29) is 10.9 Å². The smallest absolute Gasteiger partial charge is 0.241 e. The van der Waals surface area contributed by atoms with Crippen molar-refractivity contribution in [3.63, 3.8) is 0 Å². The Morgan fingerprint density at radius 2 is 1.52 bits per heavy atom. The molecule has 0 aliphatic rings. The number of hydrogen-bond donors (Lipinski definition) is 1. The highest BCUT2D eigenvalue weighted by Gasteiger charge is 2.21. The lowest BCUT2D eigenvalue weighted by molar-refractivity contribution is 0.411. The van der Waals surface area contributed by atoms with Crippen LogP contribution in [0, 0.1) is 13.8 Å². The van der Waals surface area contributed by atoms with Gasteiger partial charge in [-0.2, -0.15) is 0 Å². The maximum atomic E-state index is 12.8. The molecule has 0 bridgehead atoms. The maximum absolute atomic E-state index is 12.8. The molecule has 1 unspecified atom stereocenters. The minimum atomic E-state index is -3.63. The summed E-state index contributed by atoms with van der Waals surface area (Å²) < 4.78 is 38.8. The van der Waals surface area contributed by atoms with Crippen LogP contribution in [0.3, 0.4) is 0 Å². The number of nitrogens with one attached hydrogen (secondary N) is 1. The van der Waals surface area contributed by atoms with Crippen LogP contribution in [0.25, 0.3) is 0 Å². The van der Waals surface area contributed by atoms with Crippen molar-refractivity contribution in [1.82, 2.24) is 4.72 Å². The highest BCUT2D eigenvalue weighted by Crippen LogP contribution is 2.27. The first-order chi connectivity index (χ1) is 11.8. The van der Waals surface area contributed by atoms with E-state index in [1.807, 2.05) is 39.0 Å². The fraction of sp³-hybridized carbons (Fsp3) is 0.368. The number of ether oxygens (including phenoxy) is 2. The predicted octanol–water partition coefficient (Wildman–Crippen LogP) is 3.75. The van der Waals surface area contributed by atoms with Crippen LogP contribution < -0.4 is 14.2 Å². The van der Waals surface area contributed by atoms with E-state index in [0.717, 1.165) is 22.4 Å². The Morgan fingerprint density at radius 3 is 2.00 bits per heavy atom. The molecule has 0 spiro atoms. The zero-order valence-corrected chi connectivity index (χ0v) is 16.1. The molecule has 1 N–H and O–H groups in total. The summed E-state index contributed by atoms with van der Waals surface area (Å²) in [5.74, 6) is 1.45. The van der Waals surface area contributed by atoms with Crippen LogP contribution in [-0.2, 0) is 10.0 Å². The van der Waals surface area contributed by atoms with Gasteiger partial charge in [-0.25, -0.2) is 13.1 Å². The molecule has 0 aliphatic heterocycles. The first-order valence-corrected chi connectivity index (χ1v) is 9.62. The molecule has 2 rings (SSSR count). The molecule has 6 heteroatoms. The van der Waals surface area contributed by atoms with E-state index in [4.69, 9.17) is 9.47 Å². The van der Waals surface area contributed by atoms with Crippen molar-refractivity contribution in [2.24, 2.45) is 0 Å². The van der Waals surface area contributed by atoms with Gasteiger partial charge in [-0.05, 0) is 61.2 Å². The summed E-state index contributed by atoms with van der Waals surface area (Å²) in [5.41, 5.74) is 2.66. The second kappa shape index (κ2) is 7.89. The lowest BCUT2D eigenvalue weighted by atomic mass is 10.0. The Kier molecular flexibility index (Phi) is 6.08. The number of sulfonamides is 1. The molecule has 0 saturated heterocycles. The van der Waals surface area contributed by atoms with Crippen molar-refractivity contribution >= 4 is 10.0 Å². The zero-order chi connectivity index (χ0) is 18.6. The quantitative estimate of drug-likeness (QED) is 0.814. The van der Waals surface area contributed by atoms with Crippen LogP contribution >= 0.6 is 0 Å². The van der Waals surface area contributed by atoms with Gasteiger partial charge in [0.05, 0.1) is 19.1 Å². The first-order valence-electron chi connectivity index (χ1n) is 8.14. The standard InChI is InChI=1S/C19H25NO4S/c1-6-17(15-7-9-18(23-4)13(2)11-15)20-25(21,22)16-8-10-19(24-5)14(3)12-16/h7-12,17,20H,6H2,1-5H3. The third-order valence-electron chi connectivity index (χ3n) is 4.20. The molecule has 2 aromatic rings. The van der Waals surface area contributed by atoms with E-state index >= 15 is 0 Å². The summed E-state index contributed by atoms with van der Waals surface area (Å²) in [7, 11) is -0.450. The average molecular weight is 363 g/mol. The van der Waals surface area contributed by atoms with E-state index in [0.29, 0.717) is 12.2 Å². The lowest BCUT2D eigenvalue weighted by Crippen LogP contribution is -2.28. The van der Waals surface area contributed by atoms with Gasteiger partial charge in [-0.3, -0.25) is 0 Å². The van der Waals surface area contributed by atoms with Gasteiger partial charge in [0, 0.05) is 6.04 Å². The van der Waals surface area contributed by atoms with Crippen molar-refractivity contribution in [1.29, 1.82) is 0 Å². The van der Waals surface area contributed by atoms with Crippen molar-refractivity contribution in [2.45, 2.75) is 38.1 Å². The van der Waals surface area contributed by atoms with Crippen LogP contribution in [0.2, 0.25) is 0 Å². The van der Waals surface area contributed by atoms with Crippen molar-refractivity contribution in [3.05, 3.63) is 53.1 Å². The average Bonchev–Trinajstić information content (AvgIpc) is 2.59. The highest BCUT2D eigenvalue weighted by atomic mass is 32.2. The van der Waals surface area contributed by atoms with Crippen LogP contribution in [-0.4, -0.2) is 22.6 Å². The molecule has 2 aromatic carbocycles. The third kappa shape index (κ3) is 4.32. The van der Waals surface area contributed by atoms with Crippen molar-refractivity contribution < 1.29 is 17.9 Å². The van der Waals surface area contributed by atoms with Crippen LogP contribution in [0.15, 0.2) is 41.3 Å². The van der Waals surface area contributed by atoms with Crippen LogP contribution in [0.4, 0.5) is 0 Å². The zero-order valence-electron chi connectivity index (χ0n) is 15.3. The van der Waals surface area contributed by atoms with Crippen LogP contribution in [0.1, 0.15) is 36.1 Å². The summed E-state index contributed by atoms with van der Waals surface area (Å²) in [6, 6.07) is 10.2. The molecule has 0 heterocycles. The van der Waals surface area contributed by atoms with E-state index < -0.39 is 10.0 Å². The number of methoxy groups -OCH3 is 2. The Morgan fingerprint density at radius 1 is 0.960 bits per heavy atom. The van der Waals surface area contributed by atoms with Gasteiger partial charge in [-0.15, -0.1) is 0 Å². The van der Waals surface area contributed by atoms with E-state index in [1.165, 1.54) is 0 Å². The number of benzene rings is 2. The molecular weight excluding hydrogens is 338 g/mol. The van der Waals surface area contributed by atoms with Gasteiger partial charge in [-0.1, -0.05) is 19.1 Å². The Labute approximate surface area is 150 Å². The van der Waals surface area contributed by atoms with Gasteiger partial charge in [0.25, 0.3) is 0 Å². The molecule has 0 aromatic heterocycles. The van der Waals surface area contributed by atoms with Crippen LogP contribution in [0.5, 0.6) is 11.5 Å². The second-order valence-electron chi connectivity index (χ2n) is 5.94.